The molecule has 2 aliphatic rings. The highest BCUT2D eigenvalue weighted by Crippen LogP contribution is 2.37. The van der Waals surface area contributed by atoms with Gasteiger partial charge in [-0.2, -0.15) is 0 Å². The van der Waals surface area contributed by atoms with Crippen LogP contribution in [0.4, 0.5) is 10.1 Å². The van der Waals surface area contributed by atoms with Crippen molar-refractivity contribution in [1.29, 1.82) is 0 Å². The fourth-order valence-electron chi connectivity index (χ4n) is 2.36. The Morgan fingerprint density at radius 1 is 1.43 bits per heavy atom. The number of nitrogens with one attached hydrogen (secondary N) is 1. The zero-order valence-corrected chi connectivity index (χ0v) is 12.9. The van der Waals surface area contributed by atoms with Crippen LogP contribution in [0.3, 0.4) is 0 Å². The van der Waals surface area contributed by atoms with Crippen LogP contribution in [-0.4, -0.2) is 30.8 Å². The summed E-state index contributed by atoms with van der Waals surface area (Å²) < 4.78 is 13.8. The second-order valence-electron chi connectivity index (χ2n) is 5.41. The number of Topliss-reactive ketones (excluding diaryl/α,β-unsaturated/α-hetero) is 1. The van der Waals surface area contributed by atoms with E-state index in [4.69, 9.17) is 0 Å². The van der Waals surface area contributed by atoms with Crippen molar-refractivity contribution in [1.82, 2.24) is 5.32 Å². The van der Waals surface area contributed by atoms with Crippen LogP contribution < -0.4 is 10.2 Å². The van der Waals surface area contributed by atoms with Crippen molar-refractivity contribution < 1.29 is 14.0 Å². The number of hydrogen-bond acceptors (Lipinski definition) is 3. The SMILES string of the molecule is C=C(CNC1CC1)CN1C(=O)C(=O)c2cc(F)cc(Br)c21. The van der Waals surface area contributed by atoms with Gasteiger partial charge in [0.1, 0.15) is 5.82 Å². The molecule has 0 saturated heterocycles. The molecule has 1 amide bonds. The molecule has 0 bridgehead atoms. The number of benzene rings is 1. The Hall–Kier alpha value is -1.53. The lowest BCUT2D eigenvalue weighted by Crippen LogP contribution is -2.34. The molecule has 1 aliphatic carbocycles. The second kappa shape index (κ2) is 5.35. The van der Waals surface area contributed by atoms with E-state index in [0.717, 1.165) is 11.6 Å². The van der Waals surface area contributed by atoms with Gasteiger partial charge in [0.2, 0.25) is 0 Å². The van der Waals surface area contributed by atoms with Crippen LogP contribution in [0.25, 0.3) is 0 Å². The maximum absolute atomic E-state index is 13.4. The highest BCUT2D eigenvalue weighted by atomic mass is 79.9. The van der Waals surface area contributed by atoms with Gasteiger partial charge < -0.3 is 5.32 Å². The zero-order chi connectivity index (χ0) is 15.1. The van der Waals surface area contributed by atoms with Crippen LogP contribution in [-0.2, 0) is 4.79 Å². The number of ketones is 1. The fraction of sp³-hybridized carbons (Fsp3) is 0.333. The topological polar surface area (TPSA) is 49.4 Å². The third-order valence-electron chi connectivity index (χ3n) is 3.58. The van der Waals surface area contributed by atoms with Crippen LogP contribution in [0, 0.1) is 5.82 Å². The van der Waals surface area contributed by atoms with E-state index in [-0.39, 0.29) is 12.1 Å². The quantitative estimate of drug-likeness (QED) is 0.654. The predicted molar refractivity (Wildman–Crippen MR) is 80.9 cm³/mol. The molecule has 0 aromatic heterocycles. The molecule has 0 radical (unpaired) electrons. The van der Waals surface area contributed by atoms with Crippen molar-refractivity contribution in [3.05, 3.63) is 40.1 Å². The Morgan fingerprint density at radius 2 is 2.14 bits per heavy atom. The Kier molecular flexibility index (Phi) is 3.67. The largest absolute Gasteiger partial charge is 0.310 e. The van der Waals surface area contributed by atoms with E-state index in [1.54, 1.807) is 0 Å². The summed E-state index contributed by atoms with van der Waals surface area (Å²) in [4.78, 5) is 25.4. The minimum atomic E-state index is -0.673. The van der Waals surface area contributed by atoms with Gasteiger partial charge in [0, 0.05) is 23.6 Å². The van der Waals surface area contributed by atoms with Crippen LogP contribution in [0.2, 0.25) is 0 Å². The number of halogens is 2. The predicted octanol–water partition coefficient (Wildman–Crippen LogP) is 2.43. The van der Waals surface area contributed by atoms with E-state index in [2.05, 4.69) is 27.8 Å². The number of nitrogens with zero attached hydrogens (tertiary/aromatic N) is 1. The standard InChI is InChI=1S/C15H14BrFN2O2/c1-8(6-18-10-2-3-10)7-19-13-11(14(20)15(19)21)4-9(17)5-12(13)16/h4-5,10,18H,1-3,6-7H2. The minimum absolute atomic E-state index is 0.106. The molecule has 1 fully saturated rings. The Balaban J connectivity index is 1.81. The van der Waals surface area contributed by atoms with Crippen molar-refractivity contribution in [3.8, 4) is 0 Å². The van der Waals surface area contributed by atoms with Crippen molar-refractivity contribution in [2.45, 2.75) is 18.9 Å². The summed E-state index contributed by atoms with van der Waals surface area (Å²) in [6.45, 7) is 4.80. The Labute approximate surface area is 130 Å². The summed E-state index contributed by atoms with van der Waals surface area (Å²) in [5.41, 5.74) is 1.35. The van der Waals surface area contributed by atoms with Gasteiger partial charge in [0.05, 0.1) is 11.3 Å². The molecular weight excluding hydrogens is 339 g/mol. The van der Waals surface area contributed by atoms with Crippen LogP contribution >= 0.6 is 15.9 Å². The van der Waals surface area contributed by atoms with Gasteiger partial charge >= 0.3 is 0 Å². The van der Waals surface area contributed by atoms with Crippen LogP contribution in [0.15, 0.2) is 28.8 Å². The van der Waals surface area contributed by atoms with Crippen molar-refractivity contribution in [2.24, 2.45) is 0 Å². The number of amides is 1. The summed E-state index contributed by atoms with van der Waals surface area (Å²) in [5, 5.41) is 3.31. The molecule has 1 heterocycles. The van der Waals surface area contributed by atoms with Gasteiger partial charge in [-0.05, 0) is 46.5 Å². The maximum Gasteiger partial charge on any atom is 0.299 e. The molecule has 1 saturated carbocycles. The smallest absolute Gasteiger partial charge is 0.299 e. The van der Waals surface area contributed by atoms with E-state index in [0.29, 0.717) is 22.7 Å². The van der Waals surface area contributed by atoms with Crippen LogP contribution in [0.5, 0.6) is 0 Å². The number of fused-ring (bicyclic) bond motifs is 1. The highest BCUT2D eigenvalue weighted by Gasteiger charge is 2.38. The van der Waals surface area contributed by atoms with E-state index in [1.165, 1.54) is 23.8 Å². The number of anilines is 1. The first-order valence-corrected chi connectivity index (χ1v) is 7.52. The lowest BCUT2D eigenvalue weighted by Gasteiger charge is -2.19. The summed E-state index contributed by atoms with van der Waals surface area (Å²) >= 11 is 3.22. The first kappa shape index (κ1) is 14.4. The van der Waals surface area contributed by atoms with Gasteiger partial charge in [-0.1, -0.05) is 6.58 Å². The summed E-state index contributed by atoms with van der Waals surface area (Å²) in [6.07, 6.45) is 2.34. The lowest BCUT2D eigenvalue weighted by atomic mass is 10.1. The number of rotatable bonds is 5. The Bertz CT molecular complexity index is 655. The molecule has 21 heavy (non-hydrogen) atoms. The molecular formula is C15H14BrFN2O2. The first-order valence-electron chi connectivity index (χ1n) is 6.72. The van der Waals surface area contributed by atoms with Gasteiger partial charge in [-0.25, -0.2) is 4.39 Å². The lowest BCUT2D eigenvalue weighted by molar-refractivity contribution is -0.114. The van der Waals surface area contributed by atoms with E-state index in [9.17, 15) is 14.0 Å². The summed E-state index contributed by atoms with van der Waals surface area (Å²) in [6, 6.07) is 2.90. The minimum Gasteiger partial charge on any atom is -0.310 e. The molecule has 0 atom stereocenters. The fourth-order valence-corrected chi connectivity index (χ4v) is 3.01. The van der Waals surface area contributed by atoms with Gasteiger partial charge in [0.25, 0.3) is 11.7 Å². The average molecular weight is 353 g/mol. The molecule has 6 heteroatoms. The monoisotopic (exact) mass is 352 g/mol. The molecule has 1 aromatic rings. The van der Waals surface area contributed by atoms with Gasteiger partial charge in [0.15, 0.2) is 0 Å². The normalized spacial score (nSPS) is 17.3. The van der Waals surface area contributed by atoms with Crippen molar-refractivity contribution >= 4 is 33.3 Å². The highest BCUT2D eigenvalue weighted by molar-refractivity contribution is 9.10. The van der Waals surface area contributed by atoms with Gasteiger partial charge in [-0.3, -0.25) is 14.5 Å². The molecule has 4 nitrogen and oxygen atoms in total. The second-order valence-corrected chi connectivity index (χ2v) is 6.26. The molecule has 0 spiro atoms. The van der Waals surface area contributed by atoms with Crippen LogP contribution in [0.1, 0.15) is 23.2 Å². The molecule has 0 unspecified atom stereocenters. The van der Waals surface area contributed by atoms with E-state index < -0.39 is 17.5 Å². The van der Waals surface area contributed by atoms with Crippen molar-refractivity contribution in [2.75, 3.05) is 18.0 Å². The van der Waals surface area contributed by atoms with Crippen molar-refractivity contribution in [3.63, 3.8) is 0 Å². The summed E-state index contributed by atoms with van der Waals surface area (Å²) in [7, 11) is 0. The average Bonchev–Trinajstić information content (AvgIpc) is 3.21. The summed E-state index contributed by atoms with van der Waals surface area (Å²) in [5.74, 6) is -1.85. The molecule has 3 rings (SSSR count). The third-order valence-corrected chi connectivity index (χ3v) is 4.19. The first-order chi connectivity index (χ1) is 9.97. The number of carbonyl (C=O) groups excluding carboxylic acids is 2. The molecule has 1 aliphatic heterocycles. The third kappa shape index (κ3) is 2.78. The molecule has 110 valence electrons. The molecule has 1 N–H and O–H groups in total. The van der Waals surface area contributed by atoms with E-state index >= 15 is 0 Å². The maximum atomic E-state index is 13.4. The number of carbonyl (C=O) groups is 2. The Morgan fingerprint density at radius 3 is 2.81 bits per heavy atom. The zero-order valence-electron chi connectivity index (χ0n) is 11.3. The van der Waals surface area contributed by atoms with E-state index in [1.807, 2.05) is 0 Å². The molecule has 1 aromatic carbocycles. The number of hydrogen-bond donors (Lipinski definition) is 1. The van der Waals surface area contributed by atoms with Gasteiger partial charge in [-0.15, -0.1) is 0 Å².